The zero-order valence-corrected chi connectivity index (χ0v) is 23.7. The molecular formula is C29H49N3O5. The highest BCUT2D eigenvalue weighted by Gasteiger charge is 2.28. The predicted molar refractivity (Wildman–Crippen MR) is 148 cm³/mol. The zero-order chi connectivity index (χ0) is 27.4. The summed E-state index contributed by atoms with van der Waals surface area (Å²) in [6.07, 6.45) is 12.0. The van der Waals surface area contributed by atoms with E-state index in [1.807, 2.05) is 6.92 Å². The van der Waals surface area contributed by atoms with Crippen LogP contribution in [-0.4, -0.2) is 57.9 Å². The fraction of sp³-hybridized carbons (Fsp3) is 0.724. The second-order valence-corrected chi connectivity index (χ2v) is 11.2. The van der Waals surface area contributed by atoms with E-state index in [1.54, 1.807) is 22.0 Å². The number of carbonyl (C=O) groups is 2. The van der Waals surface area contributed by atoms with Crippen LogP contribution in [0.15, 0.2) is 18.2 Å². The average molecular weight is 520 g/mol. The fourth-order valence-electron chi connectivity index (χ4n) is 5.12. The quantitative estimate of drug-likeness (QED) is 0.268. The molecule has 1 unspecified atom stereocenters. The summed E-state index contributed by atoms with van der Waals surface area (Å²) >= 11 is 0. The largest absolute Gasteiger partial charge is 0.494 e. The van der Waals surface area contributed by atoms with Crippen molar-refractivity contribution in [3.05, 3.63) is 18.2 Å². The Labute approximate surface area is 223 Å². The monoisotopic (exact) mass is 519 g/mol. The zero-order valence-electron chi connectivity index (χ0n) is 23.7. The Balaban J connectivity index is 2.01. The minimum Gasteiger partial charge on any atom is -0.494 e. The molecule has 0 spiro atoms. The first kappa shape index (κ1) is 30.7. The van der Waals surface area contributed by atoms with Crippen molar-refractivity contribution in [2.24, 2.45) is 11.3 Å². The number of carbonyl (C=O) groups excluding carboxylic acids is 2. The molecule has 0 bridgehead atoms. The van der Waals surface area contributed by atoms with E-state index in [0.717, 1.165) is 32.1 Å². The van der Waals surface area contributed by atoms with Crippen molar-refractivity contribution in [2.45, 2.75) is 99.0 Å². The standard InChI is InChI=1S/C29H49N3O5/c1-6-8-9-10-11-12-16-31(25(33)7-2)24-19-27(35)32(28(24)36)21-29(4,5)20-23(3)15-17-30-22-37-18-13-14-26(30)34/h13-14,19,23,35-36H,6-12,15-18,20-22H2,1-5H3. The number of anilines is 1. The van der Waals surface area contributed by atoms with Gasteiger partial charge in [-0.3, -0.25) is 14.2 Å². The number of hydrogen-bond acceptors (Lipinski definition) is 5. The first-order valence-electron chi connectivity index (χ1n) is 14.0. The lowest BCUT2D eigenvalue weighted by Crippen LogP contribution is -2.33. The van der Waals surface area contributed by atoms with Crippen LogP contribution in [0.2, 0.25) is 0 Å². The second-order valence-electron chi connectivity index (χ2n) is 11.2. The van der Waals surface area contributed by atoms with Crippen LogP contribution in [0.3, 0.4) is 0 Å². The van der Waals surface area contributed by atoms with Crippen LogP contribution >= 0.6 is 0 Å². The first-order chi connectivity index (χ1) is 17.6. The van der Waals surface area contributed by atoms with Gasteiger partial charge in [0.2, 0.25) is 17.7 Å². The minimum absolute atomic E-state index is 0.0224. The minimum atomic E-state index is -0.233. The molecule has 0 saturated carbocycles. The molecule has 0 saturated heterocycles. The third-order valence-corrected chi connectivity index (χ3v) is 7.07. The van der Waals surface area contributed by atoms with Gasteiger partial charge in [-0.15, -0.1) is 0 Å². The molecule has 1 atom stereocenters. The molecule has 37 heavy (non-hydrogen) atoms. The van der Waals surface area contributed by atoms with Crippen LogP contribution in [-0.2, 0) is 20.9 Å². The van der Waals surface area contributed by atoms with E-state index in [2.05, 4.69) is 27.7 Å². The normalized spacial score (nSPS) is 15.2. The molecule has 1 aromatic rings. The van der Waals surface area contributed by atoms with Crippen molar-refractivity contribution in [1.29, 1.82) is 0 Å². The number of amides is 2. The van der Waals surface area contributed by atoms with Gasteiger partial charge < -0.3 is 24.7 Å². The number of rotatable bonds is 16. The smallest absolute Gasteiger partial charge is 0.248 e. The van der Waals surface area contributed by atoms with Crippen LogP contribution in [0.1, 0.15) is 92.4 Å². The molecule has 0 radical (unpaired) electrons. The van der Waals surface area contributed by atoms with Gasteiger partial charge in [0, 0.05) is 38.2 Å². The Morgan fingerprint density at radius 1 is 1.16 bits per heavy atom. The number of ether oxygens (including phenoxy) is 1. The number of nitrogens with zero attached hydrogens (tertiary/aromatic N) is 3. The maximum atomic E-state index is 12.7. The van der Waals surface area contributed by atoms with Crippen LogP contribution in [0.4, 0.5) is 5.69 Å². The van der Waals surface area contributed by atoms with E-state index >= 15 is 0 Å². The summed E-state index contributed by atoms with van der Waals surface area (Å²) in [5, 5.41) is 21.8. The molecule has 0 aromatic carbocycles. The number of aromatic nitrogens is 1. The summed E-state index contributed by atoms with van der Waals surface area (Å²) in [5.41, 5.74) is 0.150. The van der Waals surface area contributed by atoms with E-state index in [9.17, 15) is 19.8 Å². The highest BCUT2D eigenvalue weighted by Crippen LogP contribution is 2.39. The maximum absolute atomic E-state index is 12.7. The molecule has 0 fully saturated rings. The third kappa shape index (κ3) is 9.72. The molecule has 8 heteroatoms. The van der Waals surface area contributed by atoms with Crippen LogP contribution < -0.4 is 4.90 Å². The molecule has 2 amide bonds. The Bertz CT molecular complexity index is 892. The molecule has 2 N–H and O–H groups in total. The topological polar surface area (TPSA) is 95.2 Å². The number of aromatic hydroxyl groups is 2. The first-order valence-corrected chi connectivity index (χ1v) is 14.0. The highest BCUT2D eigenvalue weighted by molar-refractivity contribution is 5.94. The summed E-state index contributed by atoms with van der Waals surface area (Å²) in [5.74, 6) is 0.135. The molecule has 8 nitrogen and oxygen atoms in total. The van der Waals surface area contributed by atoms with Gasteiger partial charge in [0.1, 0.15) is 12.4 Å². The van der Waals surface area contributed by atoms with E-state index in [-0.39, 0.29) is 29.0 Å². The van der Waals surface area contributed by atoms with Crippen molar-refractivity contribution >= 4 is 17.5 Å². The highest BCUT2D eigenvalue weighted by atomic mass is 16.5. The van der Waals surface area contributed by atoms with Gasteiger partial charge in [-0.05, 0) is 30.6 Å². The Morgan fingerprint density at radius 2 is 1.86 bits per heavy atom. The summed E-state index contributed by atoms with van der Waals surface area (Å²) in [6, 6.07) is 1.51. The molecule has 2 rings (SSSR count). The molecule has 2 heterocycles. The van der Waals surface area contributed by atoms with Crippen molar-refractivity contribution < 1.29 is 24.5 Å². The molecule has 1 aliphatic heterocycles. The average Bonchev–Trinajstić information content (AvgIpc) is 2.99. The fourth-order valence-corrected chi connectivity index (χ4v) is 5.12. The van der Waals surface area contributed by atoms with Gasteiger partial charge in [-0.2, -0.15) is 0 Å². The van der Waals surface area contributed by atoms with Crippen molar-refractivity contribution in [2.75, 3.05) is 31.3 Å². The van der Waals surface area contributed by atoms with Crippen molar-refractivity contribution in [3.8, 4) is 11.8 Å². The van der Waals surface area contributed by atoms with Crippen molar-refractivity contribution in [1.82, 2.24) is 9.47 Å². The SMILES string of the molecule is CCCCCCCCN(C(=O)CC)c1cc(O)n(CC(C)(C)CC(C)CCN2COCC=CC2=O)c1O. The maximum Gasteiger partial charge on any atom is 0.248 e. The predicted octanol–water partition coefficient (Wildman–Crippen LogP) is 5.82. The van der Waals surface area contributed by atoms with Crippen LogP contribution in [0, 0.1) is 11.3 Å². The van der Waals surface area contributed by atoms with Gasteiger partial charge in [0.15, 0.2) is 5.88 Å². The molecule has 1 aliphatic rings. The lowest BCUT2D eigenvalue weighted by Gasteiger charge is -2.30. The Kier molecular flexibility index (Phi) is 12.5. The van der Waals surface area contributed by atoms with Gasteiger partial charge in [-0.25, -0.2) is 0 Å². The summed E-state index contributed by atoms with van der Waals surface area (Å²) in [7, 11) is 0. The lowest BCUT2D eigenvalue weighted by atomic mass is 9.82. The molecule has 0 aliphatic carbocycles. The van der Waals surface area contributed by atoms with E-state index < -0.39 is 0 Å². The lowest BCUT2D eigenvalue weighted by molar-refractivity contribution is -0.130. The van der Waals surface area contributed by atoms with Crippen LogP contribution in [0.25, 0.3) is 0 Å². The van der Waals surface area contributed by atoms with Crippen LogP contribution in [0.5, 0.6) is 11.8 Å². The summed E-state index contributed by atoms with van der Waals surface area (Å²) in [4.78, 5) is 28.2. The van der Waals surface area contributed by atoms with Gasteiger partial charge in [-0.1, -0.05) is 72.8 Å². The van der Waals surface area contributed by atoms with Crippen molar-refractivity contribution in [3.63, 3.8) is 0 Å². The Hall–Kier alpha value is -2.48. The van der Waals surface area contributed by atoms with E-state index in [0.29, 0.717) is 51.0 Å². The molecule has 210 valence electrons. The van der Waals surface area contributed by atoms with Gasteiger partial charge in [0.25, 0.3) is 0 Å². The van der Waals surface area contributed by atoms with E-state index in [4.69, 9.17) is 4.74 Å². The third-order valence-electron chi connectivity index (χ3n) is 7.07. The second kappa shape index (κ2) is 15.1. The van der Waals surface area contributed by atoms with Gasteiger partial charge >= 0.3 is 0 Å². The van der Waals surface area contributed by atoms with E-state index in [1.165, 1.54) is 29.9 Å². The molecule has 1 aromatic heterocycles. The number of unbranched alkanes of at least 4 members (excludes halogenated alkanes) is 5. The Morgan fingerprint density at radius 3 is 2.57 bits per heavy atom. The summed E-state index contributed by atoms with van der Waals surface area (Å²) < 4.78 is 6.95. The number of hydrogen-bond donors (Lipinski definition) is 2. The molecular weight excluding hydrogens is 470 g/mol. The summed E-state index contributed by atoms with van der Waals surface area (Å²) in [6.45, 7) is 12.7. The van der Waals surface area contributed by atoms with Gasteiger partial charge in [0.05, 0.1) is 6.61 Å².